The number of ether oxygens (including phenoxy) is 1. The van der Waals surface area contributed by atoms with Crippen molar-refractivity contribution in [1.82, 2.24) is 0 Å². The number of rotatable bonds is 1. The molecule has 1 aromatic carbocycles. The standard InChI is InChI=1S/C9H6Cl2O/c1-3-6-4-8(11)9(12-2)5-7(6)10/h1,4-5H,2H3. The molecule has 0 aliphatic heterocycles. The lowest BCUT2D eigenvalue weighted by Gasteiger charge is -2.04. The van der Waals surface area contributed by atoms with Crippen molar-refractivity contribution in [2.75, 3.05) is 7.11 Å². The highest BCUT2D eigenvalue weighted by Crippen LogP contribution is 2.30. The minimum absolute atomic E-state index is 0.467. The molecule has 0 aliphatic rings. The van der Waals surface area contributed by atoms with E-state index in [0.717, 1.165) is 0 Å². The van der Waals surface area contributed by atoms with Gasteiger partial charge in [0, 0.05) is 11.6 Å². The maximum Gasteiger partial charge on any atom is 0.139 e. The molecule has 0 aromatic heterocycles. The van der Waals surface area contributed by atoms with Gasteiger partial charge in [0.15, 0.2) is 0 Å². The fourth-order valence-electron chi connectivity index (χ4n) is 0.796. The van der Waals surface area contributed by atoms with Crippen LogP contribution in [0, 0.1) is 12.3 Å². The van der Waals surface area contributed by atoms with Gasteiger partial charge < -0.3 is 4.74 Å². The molecule has 1 aromatic rings. The maximum absolute atomic E-state index is 5.80. The quantitative estimate of drug-likeness (QED) is 0.634. The summed E-state index contributed by atoms with van der Waals surface area (Å²) >= 11 is 11.6. The summed E-state index contributed by atoms with van der Waals surface area (Å²) in [5, 5.41) is 0.939. The van der Waals surface area contributed by atoms with Gasteiger partial charge in [-0.15, -0.1) is 6.42 Å². The fraction of sp³-hybridized carbons (Fsp3) is 0.111. The van der Waals surface area contributed by atoms with Crippen LogP contribution in [-0.4, -0.2) is 7.11 Å². The molecule has 0 aliphatic carbocycles. The van der Waals surface area contributed by atoms with E-state index in [1.54, 1.807) is 12.1 Å². The van der Waals surface area contributed by atoms with E-state index in [1.165, 1.54) is 7.11 Å². The first kappa shape index (κ1) is 9.25. The number of hydrogen-bond acceptors (Lipinski definition) is 1. The minimum atomic E-state index is 0.467. The zero-order valence-corrected chi connectivity index (χ0v) is 7.91. The summed E-state index contributed by atoms with van der Waals surface area (Å²) in [5.74, 6) is 2.94. The number of benzene rings is 1. The lowest BCUT2D eigenvalue weighted by Crippen LogP contribution is -1.86. The fourth-order valence-corrected chi connectivity index (χ4v) is 1.24. The van der Waals surface area contributed by atoms with Crippen LogP contribution in [0.4, 0.5) is 0 Å². The molecule has 0 atom stereocenters. The first-order chi connectivity index (χ1) is 5.69. The van der Waals surface area contributed by atoms with Crippen LogP contribution in [0.5, 0.6) is 5.75 Å². The van der Waals surface area contributed by atoms with E-state index in [2.05, 4.69) is 5.92 Å². The van der Waals surface area contributed by atoms with Gasteiger partial charge in [-0.25, -0.2) is 0 Å². The second kappa shape index (κ2) is 3.71. The summed E-state index contributed by atoms with van der Waals surface area (Å²) in [6.45, 7) is 0. The lowest BCUT2D eigenvalue weighted by molar-refractivity contribution is 0.415. The number of hydrogen-bond donors (Lipinski definition) is 0. The van der Waals surface area contributed by atoms with Gasteiger partial charge in [0.2, 0.25) is 0 Å². The lowest BCUT2D eigenvalue weighted by atomic mass is 10.2. The SMILES string of the molecule is C#Cc1cc(Cl)c(OC)cc1Cl. The predicted octanol–water partition coefficient (Wildman–Crippen LogP) is 2.98. The molecule has 1 rings (SSSR count). The van der Waals surface area contributed by atoms with Gasteiger partial charge in [-0.05, 0) is 6.07 Å². The highest BCUT2D eigenvalue weighted by molar-refractivity contribution is 6.35. The third-order valence-electron chi connectivity index (χ3n) is 1.40. The normalized spacial score (nSPS) is 9.17. The van der Waals surface area contributed by atoms with E-state index in [1.807, 2.05) is 0 Å². The molecular formula is C9H6Cl2O. The van der Waals surface area contributed by atoms with Crippen molar-refractivity contribution in [2.45, 2.75) is 0 Å². The average Bonchev–Trinajstić information content (AvgIpc) is 2.08. The Bertz CT molecular complexity index is 338. The second-order valence-corrected chi connectivity index (χ2v) is 2.93. The summed E-state index contributed by atoms with van der Waals surface area (Å²) in [4.78, 5) is 0. The molecule has 0 heterocycles. The summed E-state index contributed by atoms with van der Waals surface area (Å²) < 4.78 is 4.94. The van der Waals surface area contributed by atoms with Crippen LogP contribution in [0.25, 0.3) is 0 Å². The largest absolute Gasteiger partial charge is 0.495 e. The monoisotopic (exact) mass is 200 g/mol. The first-order valence-corrected chi connectivity index (χ1v) is 3.94. The van der Waals surface area contributed by atoms with Crippen LogP contribution in [0.3, 0.4) is 0 Å². The molecule has 0 spiro atoms. The summed E-state index contributed by atoms with van der Waals surface area (Å²) in [6, 6.07) is 3.20. The van der Waals surface area contributed by atoms with Crippen molar-refractivity contribution in [3.8, 4) is 18.1 Å². The van der Waals surface area contributed by atoms with Crippen LogP contribution >= 0.6 is 23.2 Å². The average molecular weight is 201 g/mol. The maximum atomic E-state index is 5.80. The first-order valence-electron chi connectivity index (χ1n) is 3.18. The van der Waals surface area contributed by atoms with Crippen molar-refractivity contribution in [2.24, 2.45) is 0 Å². The molecule has 62 valence electrons. The Morgan fingerprint density at radius 2 is 2.00 bits per heavy atom. The van der Waals surface area contributed by atoms with E-state index >= 15 is 0 Å². The van der Waals surface area contributed by atoms with Gasteiger partial charge in [0.05, 0.1) is 17.2 Å². The van der Waals surface area contributed by atoms with Crippen molar-refractivity contribution < 1.29 is 4.74 Å². The van der Waals surface area contributed by atoms with Gasteiger partial charge >= 0.3 is 0 Å². The molecular weight excluding hydrogens is 195 g/mol. The summed E-state index contributed by atoms with van der Waals surface area (Å²) in [7, 11) is 1.52. The van der Waals surface area contributed by atoms with E-state index in [0.29, 0.717) is 21.4 Å². The van der Waals surface area contributed by atoms with E-state index < -0.39 is 0 Å². The van der Waals surface area contributed by atoms with Gasteiger partial charge in [-0.1, -0.05) is 29.1 Å². The molecule has 0 saturated heterocycles. The van der Waals surface area contributed by atoms with E-state index in [9.17, 15) is 0 Å². The van der Waals surface area contributed by atoms with E-state index in [4.69, 9.17) is 34.4 Å². The molecule has 0 saturated carbocycles. The van der Waals surface area contributed by atoms with Crippen molar-refractivity contribution in [1.29, 1.82) is 0 Å². The Morgan fingerprint density at radius 3 is 2.50 bits per heavy atom. The third-order valence-corrected chi connectivity index (χ3v) is 2.01. The predicted molar refractivity (Wildman–Crippen MR) is 50.9 cm³/mol. The molecule has 0 bridgehead atoms. The summed E-state index contributed by atoms with van der Waals surface area (Å²) in [6.07, 6.45) is 5.18. The van der Waals surface area contributed by atoms with Crippen molar-refractivity contribution in [3.05, 3.63) is 27.7 Å². The van der Waals surface area contributed by atoms with Crippen LogP contribution in [0.15, 0.2) is 12.1 Å². The third kappa shape index (κ3) is 1.66. The Balaban J connectivity index is 3.28. The molecule has 12 heavy (non-hydrogen) atoms. The Labute approximate surface area is 81.2 Å². The van der Waals surface area contributed by atoms with Gasteiger partial charge in [-0.2, -0.15) is 0 Å². The molecule has 1 nitrogen and oxygen atoms in total. The topological polar surface area (TPSA) is 9.23 Å². The van der Waals surface area contributed by atoms with Crippen molar-refractivity contribution in [3.63, 3.8) is 0 Å². The molecule has 0 fully saturated rings. The van der Waals surface area contributed by atoms with Crippen LogP contribution in [0.2, 0.25) is 10.0 Å². The highest BCUT2D eigenvalue weighted by Gasteiger charge is 2.04. The molecule has 0 unspecified atom stereocenters. The van der Waals surface area contributed by atoms with Crippen LogP contribution < -0.4 is 4.74 Å². The number of halogens is 2. The zero-order valence-electron chi connectivity index (χ0n) is 6.40. The zero-order chi connectivity index (χ0) is 9.14. The molecule has 3 heteroatoms. The van der Waals surface area contributed by atoms with E-state index in [-0.39, 0.29) is 0 Å². The summed E-state index contributed by atoms with van der Waals surface area (Å²) in [5.41, 5.74) is 0.572. The smallest absolute Gasteiger partial charge is 0.139 e. The molecule has 0 N–H and O–H groups in total. The van der Waals surface area contributed by atoms with Crippen molar-refractivity contribution >= 4 is 23.2 Å². The molecule has 0 radical (unpaired) electrons. The highest BCUT2D eigenvalue weighted by atomic mass is 35.5. The Morgan fingerprint density at radius 1 is 1.33 bits per heavy atom. The van der Waals surface area contributed by atoms with Gasteiger partial charge in [-0.3, -0.25) is 0 Å². The van der Waals surface area contributed by atoms with Crippen LogP contribution in [0.1, 0.15) is 5.56 Å². The van der Waals surface area contributed by atoms with Gasteiger partial charge in [0.1, 0.15) is 5.75 Å². The number of terminal acetylenes is 1. The Kier molecular flexibility index (Phi) is 2.86. The van der Waals surface area contributed by atoms with Gasteiger partial charge in [0.25, 0.3) is 0 Å². The molecule has 0 amide bonds. The minimum Gasteiger partial charge on any atom is -0.495 e. The second-order valence-electron chi connectivity index (χ2n) is 2.11. The van der Waals surface area contributed by atoms with Crippen LogP contribution in [-0.2, 0) is 0 Å². The Hall–Kier alpha value is -0.840. The number of methoxy groups -OCH3 is 1.